The highest BCUT2D eigenvalue weighted by molar-refractivity contribution is 5.72. The maximum atomic E-state index is 11.1. The fraction of sp³-hybridized carbons (Fsp3) is 0.700. The first-order chi connectivity index (χ1) is 5.76. The molecule has 0 aliphatic carbocycles. The molecule has 0 aromatic rings. The summed E-state index contributed by atoms with van der Waals surface area (Å²) in [7, 11) is 1.42. The second kappa shape index (κ2) is 6.72. The van der Waals surface area contributed by atoms with Crippen LogP contribution in [0.25, 0.3) is 0 Å². The van der Waals surface area contributed by atoms with E-state index in [1.807, 2.05) is 6.92 Å². The molecule has 68 valence electrons. The highest BCUT2D eigenvalue weighted by Gasteiger charge is 2.15. The molecule has 0 rings (SSSR count). The maximum Gasteiger partial charge on any atom is 0.308 e. The number of carbonyl (C=O) groups excluding carboxylic acids is 1. The molecule has 0 aliphatic heterocycles. The molecule has 0 heterocycles. The van der Waals surface area contributed by atoms with E-state index >= 15 is 0 Å². The number of rotatable bonds is 5. The van der Waals surface area contributed by atoms with Crippen LogP contribution in [0.4, 0.5) is 0 Å². The van der Waals surface area contributed by atoms with Crippen LogP contribution < -0.4 is 0 Å². The summed E-state index contributed by atoms with van der Waals surface area (Å²) in [6, 6.07) is 0. The predicted octanol–water partition coefficient (Wildman–Crippen LogP) is 1.99. The van der Waals surface area contributed by atoms with E-state index in [4.69, 9.17) is 6.42 Å². The third-order valence-corrected chi connectivity index (χ3v) is 1.90. The van der Waals surface area contributed by atoms with Gasteiger partial charge in [-0.2, -0.15) is 0 Å². The van der Waals surface area contributed by atoms with Gasteiger partial charge < -0.3 is 4.74 Å². The molecule has 0 amide bonds. The standard InChI is InChI=1S/C10H16O2/c1-4-6-7-8-9(5-2)10(11)12-3/h1,9H,5-8H2,2-3H3. The van der Waals surface area contributed by atoms with Crippen molar-refractivity contribution in [1.82, 2.24) is 0 Å². The number of unbranched alkanes of at least 4 members (excludes halogenated alkanes) is 1. The van der Waals surface area contributed by atoms with Crippen LogP contribution in [0, 0.1) is 18.3 Å². The highest BCUT2D eigenvalue weighted by atomic mass is 16.5. The van der Waals surface area contributed by atoms with Gasteiger partial charge in [0.15, 0.2) is 0 Å². The van der Waals surface area contributed by atoms with E-state index in [1.54, 1.807) is 0 Å². The van der Waals surface area contributed by atoms with Crippen molar-refractivity contribution < 1.29 is 9.53 Å². The zero-order valence-electron chi connectivity index (χ0n) is 7.80. The molecule has 0 saturated carbocycles. The second-order valence-corrected chi connectivity index (χ2v) is 2.72. The Morgan fingerprint density at radius 3 is 2.75 bits per heavy atom. The number of carbonyl (C=O) groups is 1. The van der Waals surface area contributed by atoms with E-state index < -0.39 is 0 Å². The van der Waals surface area contributed by atoms with Gasteiger partial charge in [-0.3, -0.25) is 4.79 Å². The van der Waals surface area contributed by atoms with Crippen molar-refractivity contribution in [3.8, 4) is 12.3 Å². The molecule has 0 fully saturated rings. The number of hydrogen-bond acceptors (Lipinski definition) is 2. The Balaban J connectivity index is 3.69. The molecule has 1 unspecified atom stereocenters. The highest BCUT2D eigenvalue weighted by Crippen LogP contribution is 2.13. The third-order valence-electron chi connectivity index (χ3n) is 1.90. The molecule has 0 N–H and O–H groups in total. The average molecular weight is 168 g/mol. The molecule has 2 nitrogen and oxygen atoms in total. The lowest BCUT2D eigenvalue weighted by molar-refractivity contribution is -0.145. The van der Waals surface area contributed by atoms with E-state index in [-0.39, 0.29) is 11.9 Å². The normalized spacial score (nSPS) is 11.8. The van der Waals surface area contributed by atoms with Crippen molar-refractivity contribution in [3.63, 3.8) is 0 Å². The van der Waals surface area contributed by atoms with Gasteiger partial charge in [-0.15, -0.1) is 12.3 Å². The molecule has 0 aromatic heterocycles. The van der Waals surface area contributed by atoms with Gasteiger partial charge in [0.1, 0.15) is 0 Å². The summed E-state index contributed by atoms with van der Waals surface area (Å²) < 4.78 is 4.64. The molecular formula is C10H16O2. The predicted molar refractivity (Wildman–Crippen MR) is 48.5 cm³/mol. The first-order valence-electron chi connectivity index (χ1n) is 4.27. The number of esters is 1. The minimum Gasteiger partial charge on any atom is -0.469 e. The fourth-order valence-electron chi connectivity index (χ4n) is 1.11. The van der Waals surface area contributed by atoms with Gasteiger partial charge in [-0.25, -0.2) is 0 Å². The molecule has 0 bridgehead atoms. The van der Waals surface area contributed by atoms with Crippen LogP contribution in [-0.4, -0.2) is 13.1 Å². The fourth-order valence-corrected chi connectivity index (χ4v) is 1.11. The summed E-state index contributed by atoms with van der Waals surface area (Å²) in [5.74, 6) is 2.47. The van der Waals surface area contributed by atoms with E-state index in [0.717, 1.165) is 25.7 Å². The quantitative estimate of drug-likeness (QED) is 0.356. The summed E-state index contributed by atoms with van der Waals surface area (Å²) in [6.07, 6.45) is 8.42. The molecule has 12 heavy (non-hydrogen) atoms. The Hall–Kier alpha value is -0.970. The van der Waals surface area contributed by atoms with Crippen LogP contribution in [0.15, 0.2) is 0 Å². The first kappa shape index (κ1) is 11.0. The lowest BCUT2D eigenvalue weighted by Gasteiger charge is -2.10. The van der Waals surface area contributed by atoms with E-state index in [9.17, 15) is 4.79 Å². The molecular weight excluding hydrogens is 152 g/mol. The Morgan fingerprint density at radius 2 is 2.33 bits per heavy atom. The van der Waals surface area contributed by atoms with Gasteiger partial charge in [0.25, 0.3) is 0 Å². The van der Waals surface area contributed by atoms with Crippen LogP contribution >= 0.6 is 0 Å². The summed E-state index contributed by atoms with van der Waals surface area (Å²) in [6.45, 7) is 1.98. The van der Waals surface area contributed by atoms with Crippen molar-refractivity contribution >= 4 is 5.97 Å². The Kier molecular flexibility index (Phi) is 6.18. The zero-order chi connectivity index (χ0) is 9.40. The first-order valence-corrected chi connectivity index (χ1v) is 4.27. The Morgan fingerprint density at radius 1 is 1.67 bits per heavy atom. The molecule has 0 aliphatic rings. The van der Waals surface area contributed by atoms with Gasteiger partial charge in [0.2, 0.25) is 0 Å². The van der Waals surface area contributed by atoms with Crippen molar-refractivity contribution in [2.24, 2.45) is 5.92 Å². The van der Waals surface area contributed by atoms with Crippen molar-refractivity contribution in [2.45, 2.75) is 32.6 Å². The minimum absolute atomic E-state index is 0.0309. The zero-order valence-corrected chi connectivity index (χ0v) is 7.80. The van der Waals surface area contributed by atoms with E-state index in [1.165, 1.54) is 7.11 Å². The van der Waals surface area contributed by atoms with Crippen molar-refractivity contribution in [3.05, 3.63) is 0 Å². The summed E-state index contributed by atoms with van der Waals surface area (Å²) >= 11 is 0. The molecule has 1 atom stereocenters. The van der Waals surface area contributed by atoms with Gasteiger partial charge >= 0.3 is 5.97 Å². The van der Waals surface area contributed by atoms with Gasteiger partial charge in [0, 0.05) is 6.42 Å². The molecule has 0 radical (unpaired) electrons. The number of methoxy groups -OCH3 is 1. The van der Waals surface area contributed by atoms with Crippen LogP contribution in [0.2, 0.25) is 0 Å². The molecule has 0 aromatic carbocycles. The summed E-state index contributed by atoms with van der Waals surface area (Å²) in [4.78, 5) is 11.1. The smallest absolute Gasteiger partial charge is 0.308 e. The number of terminal acetylenes is 1. The SMILES string of the molecule is C#CCCCC(CC)C(=O)OC. The lowest BCUT2D eigenvalue weighted by Crippen LogP contribution is -2.15. The van der Waals surface area contributed by atoms with Gasteiger partial charge in [0.05, 0.1) is 13.0 Å². The van der Waals surface area contributed by atoms with E-state index in [0.29, 0.717) is 0 Å². The van der Waals surface area contributed by atoms with Crippen LogP contribution in [0.1, 0.15) is 32.6 Å². The van der Waals surface area contributed by atoms with Gasteiger partial charge in [-0.1, -0.05) is 6.92 Å². The minimum atomic E-state index is -0.116. The van der Waals surface area contributed by atoms with Gasteiger partial charge in [-0.05, 0) is 19.3 Å². The van der Waals surface area contributed by atoms with Crippen LogP contribution in [-0.2, 0) is 9.53 Å². The lowest BCUT2D eigenvalue weighted by atomic mass is 10.00. The van der Waals surface area contributed by atoms with Crippen molar-refractivity contribution in [2.75, 3.05) is 7.11 Å². The van der Waals surface area contributed by atoms with Crippen LogP contribution in [0.5, 0.6) is 0 Å². The molecule has 0 saturated heterocycles. The molecule has 0 spiro atoms. The van der Waals surface area contributed by atoms with Crippen molar-refractivity contribution in [1.29, 1.82) is 0 Å². The Bertz CT molecular complexity index is 167. The number of ether oxygens (including phenoxy) is 1. The molecule has 2 heteroatoms. The Labute approximate surface area is 74.3 Å². The van der Waals surface area contributed by atoms with E-state index in [2.05, 4.69) is 10.7 Å². The summed E-state index contributed by atoms with van der Waals surface area (Å²) in [5.41, 5.74) is 0. The third kappa shape index (κ3) is 4.02. The number of hydrogen-bond donors (Lipinski definition) is 0. The second-order valence-electron chi connectivity index (χ2n) is 2.72. The monoisotopic (exact) mass is 168 g/mol. The topological polar surface area (TPSA) is 26.3 Å². The van der Waals surface area contributed by atoms with Crippen LogP contribution in [0.3, 0.4) is 0 Å². The average Bonchev–Trinajstić information content (AvgIpc) is 2.11. The largest absolute Gasteiger partial charge is 0.469 e. The summed E-state index contributed by atoms with van der Waals surface area (Å²) in [5, 5.41) is 0. The maximum absolute atomic E-state index is 11.1.